The molecule has 6 heteroatoms. The van der Waals surface area contributed by atoms with E-state index in [-0.39, 0.29) is 5.91 Å². The molecule has 1 N–H and O–H groups in total. The second-order valence-corrected chi connectivity index (χ2v) is 6.42. The molecule has 0 saturated carbocycles. The van der Waals surface area contributed by atoms with Crippen LogP contribution in [0.1, 0.15) is 28.5 Å². The van der Waals surface area contributed by atoms with Gasteiger partial charge in [-0.15, -0.1) is 0 Å². The van der Waals surface area contributed by atoms with Crippen molar-refractivity contribution >= 4 is 17.5 Å². The van der Waals surface area contributed by atoms with E-state index in [9.17, 15) is 4.79 Å². The number of aromatic nitrogens is 2. The summed E-state index contributed by atoms with van der Waals surface area (Å²) in [6.07, 6.45) is 1.63. The molecule has 0 bridgehead atoms. The minimum absolute atomic E-state index is 0.0266. The summed E-state index contributed by atoms with van der Waals surface area (Å²) in [5.41, 5.74) is 3.79. The minimum Gasteiger partial charge on any atom is -0.335 e. The highest BCUT2D eigenvalue weighted by Gasteiger charge is 2.22. The zero-order valence-electron chi connectivity index (χ0n) is 15.1. The number of likely N-dealkylation sites (N-methyl/N-ethyl adjacent to an activating group) is 1. The molecule has 0 unspecified atom stereocenters. The molecule has 1 fully saturated rings. The number of anilines is 2. The Kier molecular flexibility index (Phi) is 5.28. The number of carbonyl (C=O) groups is 1. The van der Waals surface area contributed by atoms with E-state index >= 15 is 0 Å². The molecule has 0 atom stereocenters. The van der Waals surface area contributed by atoms with Crippen LogP contribution in [-0.4, -0.2) is 58.4 Å². The van der Waals surface area contributed by atoms with Crippen LogP contribution in [0.25, 0.3) is 0 Å². The monoisotopic (exact) mass is 339 g/mol. The van der Waals surface area contributed by atoms with E-state index in [1.807, 2.05) is 11.0 Å². The summed E-state index contributed by atoms with van der Waals surface area (Å²) >= 11 is 0. The second-order valence-electron chi connectivity index (χ2n) is 6.42. The number of nitrogens with one attached hydrogen (secondary N) is 1. The molecule has 1 saturated heterocycles. The molecule has 1 aliphatic rings. The van der Waals surface area contributed by atoms with Gasteiger partial charge in [-0.05, 0) is 49.7 Å². The van der Waals surface area contributed by atoms with Crippen LogP contribution in [0.4, 0.5) is 11.6 Å². The SMILES string of the molecule is CCN1CCN(C(=O)c2ccnc(Nc3ccc(C)c(C)c3)n2)CC1. The molecule has 2 aromatic rings. The van der Waals surface area contributed by atoms with E-state index in [1.54, 1.807) is 12.3 Å². The van der Waals surface area contributed by atoms with Crippen molar-refractivity contribution in [2.45, 2.75) is 20.8 Å². The quantitative estimate of drug-likeness (QED) is 0.928. The number of piperazine rings is 1. The number of rotatable bonds is 4. The van der Waals surface area contributed by atoms with Gasteiger partial charge in [0.1, 0.15) is 5.69 Å². The van der Waals surface area contributed by atoms with Gasteiger partial charge in [-0.2, -0.15) is 0 Å². The number of benzene rings is 1. The van der Waals surface area contributed by atoms with E-state index in [0.717, 1.165) is 38.4 Å². The van der Waals surface area contributed by atoms with Crippen molar-refractivity contribution in [1.82, 2.24) is 19.8 Å². The van der Waals surface area contributed by atoms with E-state index in [4.69, 9.17) is 0 Å². The highest BCUT2D eigenvalue weighted by atomic mass is 16.2. The Morgan fingerprint density at radius 1 is 1.12 bits per heavy atom. The summed E-state index contributed by atoms with van der Waals surface area (Å²) in [5, 5.41) is 3.19. The number of hydrogen-bond donors (Lipinski definition) is 1. The molecule has 0 spiro atoms. The van der Waals surface area contributed by atoms with Crippen molar-refractivity contribution in [3.8, 4) is 0 Å². The molecular weight excluding hydrogens is 314 g/mol. The Morgan fingerprint density at radius 3 is 2.56 bits per heavy atom. The lowest BCUT2D eigenvalue weighted by Crippen LogP contribution is -2.48. The second kappa shape index (κ2) is 7.61. The van der Waals surface area contributed by atoms with Gasteiger partial charge in [0.15, 0.2) is 0 Å². The molecular formula is C19H25N5O. The van der Waals surface area contributed by atoms with Crippen LogP contribution in [0.5, 0.6) is 0 Å². The Hall–Kier alpha value is -2.47. The Morgan fingerprint density at radius 2 is 1.88 bits per heavy atom. The van der Waals surface area contributed by atoms with Crippen LogP contribution in [-0.2, 0) is 0 Å². The zero-order chi connectivity index (χ0) is 17.8. The first-order valence-corrected chi connectivity index (χ1v) is 8.76. The number of nitrogens with zero attached hydrogens (tertiary/aromatic N) is 4. The fourth-order valence-corrected chi connectivity index (χ4v) is 2.92. The average molecular weight is 339 g/mol. The van der Waals surface area contributed by atoms with Crippen molar-refractivity contribution < 1.29 is 4.79 Å². The van der Waals surface area contributed by atoms with E-state index in [0.29, 0.717) is 11.6 Å². The summed E-state index contributed by atoms with van der Waals surface area (Å²) in [5.74, 6) is 0.419. The molecule has 3 rings (SSSR count). The summed E-state index contributed by atoms with van der Waals surface area (Å²) in [4.78, 5) is 25.5. The Bertz CT molecular complexity index is 753. The van der Waals surface area contributed by atoms with Crippen LogP contribution in [0, 0.1) is 13.8 Å². The lowest BCUT2D eigenvalue weighted by Gasteiger charge is -2.33. The third kappa shape index (κ3) is 4.14. The van der Waals surface area contributed by atoms with Crippen molar-refractivity contribution in [2.24, 2.45) is 0 Å². The van der Waals surface area contributed by atoms with Gasteiger partial charge in [-0.1, -0.05) is 13.0 Å². The Balaban J connectivity index is 1.70. The molecule has 6 nitrogen and oxygen atoms in total. The molecule has 1 aromatic heterocycles. The first-order valence-electron chi connectivity index (χ1n) is 8.76. The third-order valence-corrected chi connectivity index (χ3v) is 4.74. The highest BCUT2D eigenvalue weighted by Crippen LogP contribution is 2.17. The van der Waals surface area contributed by atoms with Gasteiger partial charge in [0.05, 0.1) is 0 Å². The summed E-state index contributed by atoms with van der Waals surface area (Å²) in [6.45, 7) is 10.6. The molecule has 2 heterocycles. The van der Waals surface area contributed by atoms with Gasteiger partial charge in [-0.3, -0.25) is 4.79 Å². The minimum atomic E-state index is -0.0266. The van der Waals surface area contributed by atoms with Crippen LogP contribution < -0.4 is 5.32 Å². The molecule has 1 aromatic carbocycles. The largest absolute Gasteiger partial charge is 0.335 e. The maximum absolute atomic E-state index is 12.7. The fraction of sp³-hybridized carbons (Fsp3) is 0.421. The first kappa shape index (κ1) is 17.4. The van der Waals surface area contributed by atoms with E-state index in [2.05, 4.69) is 53.1 Å². The number of carbonyl (C=O) groups excluding carboxylic acids is 1. The van der Waals surface area contributed by atoms with Crippen LogP contribution in [0.15, 0.2) is 30.5 Å². The van der Waals surface area contributed by atoms with Crippen LogP contribution in [0.2, 0.25) is 0 Å². The van der Waals surface area contributed by atoms with Crippen molar-refractivity contribution in [1.29, 1.82) is 0 Å². The van der Waals surface area contributed by atoms with Crippen LogP contribution >= 0.6 is 0 Å². The molecule has 1 aliphatic heterocycles. The van der Waals surface area contributed by atoms with Crippen molar-refractivity contribution in [3.05, 3.63) is 47.3 Å². The number of amides is 1. The smallest absolute Gasteiger partial charge is 0.272 e. The molecule has 1 amide bonds. The van der Waals surface area contributed by atoms with Gasteiger partial charge in [0, 0.05) is 38.1 Å². The number of aryl methyl sites for hydroxylation is 2. The molecule has 0 aliphatic carbocycles. The predicted molar refractivity (Wildman–Crippen MR) is 99.2 cm³/mol. The van der Waals surface area contributed by atoms with Gasteiger partial charge in [0.2, 0.25) is 5.95 Å². The maximum atomic E-state index is 12.7. The topological polar surface area (TPSA) is 61.4 Å². The lowest BCUT2D eigenvalue weighted by molar-refractivity contribution is 0.0637. The maximum Gasteiger partial charge on any atom is 0.272 e. The number of hydrogen-bond acceptors (Lipinski definition) is 5. The summed E-state index contributed by atoms with van der Waals surface area (Å²) < 4.78 is 0. The average Bonchev–Trinajstić information content (AvgIpc) is 2.64. The predicted octanol–water partition coefficient (Wildman–Crippen LogP) is 2.61. The standard InChI is InChI=1S/C19H25N5O/c1-4-23-9-11-24(12-10-23)18(25)17-7-8-20-19(22-17)21-16-6-5-14(2)15(3)13-16/h5-8,13H,4,9-12H2,1-3H3,(H,20,21,22). The van der Waals surface area contributed by atoms with Crippen molar-refractivity contribution in [3.63, 3.8) is 0 Å². The zero-order valence-corrected chi connectivity index (χ0v) is 15.1. The van der Waals surface area contributed by atoms with Crippen LogP contribution in [0.3, 0.4) is 0 Å². The molecule has 132 valence electrons. The first-order chi connectivity index (χ1) is 12.1. The summed E-state index contributed by atoms with van der Waals surface area (Å²) in [7, 11) is 0. The van der Waals surface area contributed by atoms with Gasteiger partial charge < -0.3 is 15.1 Å². The normalized spacial score (nSPS) is 15.2. The van der Waals surface area contributed by atoms with Gasteiger partial charge in [0.25, 0.3) is 5.91 Å². The Labute approximate surface area is 148 Å². The third-order valence-electron chi connectivity index (χ3n) is 4.74. The van der Waals surface area contributed by atoms with E-state index < -0.39 is 0 Å². The van der Waals surface area contributed by atoms with Crippen molar-refractivity contribution in [2.75, 3.05) is 38.0 Å². The fourth-order valence-electron chi connectivity index (χ4n) is 2.92. The lowest BCUT2D eigenvalue weighted by atomic mass is 10.1. The van der Waals surface area contributed by atoms with E-state index in [1.165, 1.54) is 11.1 Å². The molecule has 25 heavy (non-hydrogen) atoms. The molecule has 0 radical (unpaired) electrons. The van der Waals surface area contributed by atoms with Gasteiger partial charge in [-0.25, -0.2) is 9.97 Å². The summed E-state index contributed by atoms with van der Waals surface area (Å²) in [6, 6.07) is 7.78. The van der Waals surface area contributed by atoms with Gasteiger partial charge >= 0.3 is 0 Å². The highest BCUT2D eigenvalue weighted by molar-refractivity contribution is 5.92.